The highest BCUT2D eigenvalue weighted by Gasteiger charge is 2.12. The van der Waals surface area contributed by atoms with Gasteiger partial charge in [0.25, 0.3) is 5.91 Å². The van der Waals surface area contributed by atoms with Gasteiger partial charge >= 0.3 is 0 Å². The van der Waals surface area contributed by atoms with Crippen molar-refractivity contribution in [2.24, 2.45) is 0 Å². The number of nitrogens with zero attached hydrogens (tertiary/aromatic N) is 2. The van der Waals surface area contributed by atoms with Gasteiger partial charge in [0.05, 0.1) is 5.56 Å². The lowest BCUT2D eigenvalue weighted by Gasteiger charge is -2.05. The summed E-state index contributed by atoms with van der Waals surface area (Å²) in [5, 5.41) is 2.51. The first-order valence-electron chi connectivity index (χ1n) is 5.02. The first kappa shape index (κ1) is 11.2. The molecule has 4 nitrogen and oxygen atoms in total. The zero-order chi connectivity index (χ0) is 12.3. The van der Waals surface area contributed by atoms with Crippen molar-refractivity contribution in [2.45, 2.75) is 6.92 Å². The van der Waals surface area contributed by atoms with Gasteiger partial charge in [-0.3, -0.25) is 4.79 Å². The van der Waals surface area contributed by atoms with E-state index in [2.05, 4.69) is 15.3 Å². The van der Waals surface area contributed by atoms with Crippen LogP contribution in [0.5, 0.6) is 0 Å². The van der Waals surface area contributed by atoms with Gasteiger partial charge < -0.3 is 5.32 Å². The Morgan fingerprint density at radius 2 is 2.12 bits per heavy atom. The molecule has 0 fully saturated rings. The van der Waals surface area contributed by atoms with Crippen LogP contribution in [-0.4, -0.2) is 15.9 Å². The third-order valence-corrected chi connectivity index (χ3v) is 2.13. The van der Waals surface area contributed by atoms with E-state index in [1.807, 2.05) is 0 Å². The Kier molecular flexibility index (Phi) is 3.09. The minimum Gasteiger partial charge on any atom is -0.306 e. The summed E-state index contributed by atoms with van der Waals surface area (Å²) in [6, 6.07) is 8.08. The summed E-state index contributed by atoms with van der Waals surface area (Å²) in [5.74, 6) is -0.968. The van der Waals surface area contributed by atoms with E-state index in [-0.39, 0.29) is 5.56 Å². The van der Waals surface area contributed by atoms with Crippen LogP contribution in [0.25, 0.3) is 0 Å². The number of amides is 1. The maximum Gasteiger partial charge on any atom is 0.261 e. The van der Waals surface area contributed by atoms with Crippen molar-refractivity contribution in [1.82, 2.24) is 9.97 Å². The molecule has 0 aliphatic rings. The van der Waals surface area contributed by atoms with Gasteiger partial charge in [0.15, 0.2) is 0 Å². The predicted octanol–water partition coefficient (Wildman–Crippen LogP) is 2.18. The van der Waals surface area contributed by atoms with Gasteiger partial charge in [0, 0.05) is 11.9 Å². The summed E-state index contributed by atoms with van der Waals surface area (Å²) in [5.41, 5.74) is 0.672. The molecule has 0 unspecified atom stereocenters. The van der Waals surface area contributed by atoms with Gasteiger partial charge in [-0.2, -0.15) is 4.39 Å². The molecular weight excluding hydrogens is 221 g/mol. The molecule has 2 aromatic heterocycles. The molecule has 5 heteroatoms. The van der Waals surface area contributed by atoms with Crippen LogP contribution in [-0.2, 0) is 0 Å². The van der Waals surface area contributed by atoms with Crippen molar-refractivity contribution in [2.75, 3.05) is 5.32 Å². The van der Waals surface area contributed by atoms with Crippen LogP contribution < -0.4 is 5.32 Å². The molecule has 2 aromatic rings. The number of nitrogens with one attached hydrogen (secondary N) is 1. The fourth-order valence-corrected chi connectivity index (χ4v) is 1.35. The van der Waals surface area contributed by atoms with E-state index < -0.39 is 11.9 Å². The van der Waals surface area contributed by atoms with Gasteiger partial charge in [0.2, 0.25) is 5.95 Å². The molecule has 2 heterocycles. The minimum absolute atomic E-state index is 0.101. The highest BCUT2D eigenvalue weighted by Crippen LogP contribution is 2.08. The molecule has 0 aliphatic carbocycles. The summed E-state index contributed by atoms with van der Waals surface area (Å²) >= 11 is 0. The Bertz CT molecular complexity index is 557. The van der Waals surface area contributed by atoms with Gasteiger partial charge in [0.1, 0.15) is 5.82 Å². The van der Waals surface area contributed by atoms with Crippen molar-refractivity contribution in [3.8, 4) is 0 Å². The molecule has 2 rings (SSSR count). The molecule has 0 aliphatic heterocycles. The van der Waals surface area contributed by atoms with E-state index in [9.17, 15) is 9.18 Å². The molecule has 0 saturated carbocycles. The number of hydrogen-bond donors (Lipinski definition) is 1. The summed E-state index contributed by atoms with van der Waals surface area (Å²) in [7, 11) is 0. The standard InChI is InChI=1S/C12H10FN3O/c1-8-4-2-6-10(15-8)16-12(17)9-5-3-7-14-11(9)13/h2-7H,1H3,(H,15,16,17). The molecular formula is C12H10FN3O. The van der Waals surface area contributed by atoms with E-state index in [1.54, 1.807) is 25.1 Å². The lowest BCUT2D eigenvalue weighted by Crippen LogP contribution is -2.15. The largest absolute Gasteiger partial charge is 0.306 e. The minimum atomic E-state index is -0.794. The number of carbonyl (C=O) groups is 1. The van der Waals surface area contributed by atoms with Gasteiger partial charge in [-0.1, -0.05) is 6.07 Å². The van der Waals surface area contributed by atoms with Crippen LogP contribution in [0.3, 0.4) is 0 Å². The van der Waals surface area contributed by atoms with E-state index in [0.717, 1.165) is 5.69 Å². The molecule has 1 amide bonds. The zero-order valence-corrected chi connectivity index (χ0v) is 9.14. The smallest absolute Gasteiger partial charge is 0.261 e. The number of rotatable bonds is 2. The van der Waals surface area contributed by atoms with Gasteiger partial charge in [-0.05, 0) is 31.2 Å². The Hall–Kier alpha value is -2.30. The number of aryl methyl sites for hydroxylation is 1. The SMILES string of the molecule is Cc1cccc(NC(=O)c2cccnc2F)n1. The van der Waals surface area contributed by atoms with E-state index in [4.69, 9.17) is 0 Å². The lowest BCUT2D eigenvalue weighted by atomic mass is 10.2. The second-order valence-electron chi connectivity index (χ2n) is 3.46. The average molecular weight is 231 g/mol. The van der Waals surface area contributed by atoms with E-state index in [1.165, 1.54) is 18.3 Å². The second-order valence-corrected chi connectivity index (χ2v) is 3.46. The highest BCUT2D eigenvalue weighted by molar-refractivity contribution is 6.03. The summed E-state index contributed by atoms with van der Waals surface area (Å²) < 4.78 is 13.2. The summed E-state index contributed by atoms with van der Waals surface area (Å²) in [6.45, 7) is 1.81. The van der Waals surface area contributed by atoms with Crippen LogP contribution in [0.1, 0.15) is 16.1 Å². The number of anilines is 1. The fraction of sp³-hybridized carbons (Fsp3) is 0.0833. The normalized spacial score (nSPS) is 10.0. The number of aromatic nitrogens is 2. The quantitative estimate of drug-likeness (QED) is 0.806. The zero-order valence-electron chi connectivity index (χ0n) is 9.14. The maximum absolute atomic E-state index is 13.2. The van der Waals surface area contributed by atoms with Crippen molar-refractivity contribution in [3.63, 3.8) is 0 Å². The maximum atomic E-state index is 13.2. The fourth-order valence-electron chi connectivity index (χ4n) is 1.35. The van der Waals surface area contributed by atoms with Crippen LogP contribution in [0, 0.1) is 12.9 Å². The van der Waals surface area contributed by atoms with E-state index in [0.29, 0.717) is 5.82 Å². The molecule has 86 valence electrons. The van der Waals surface area contributed by atoms with Crippen LogP contribution >= 0.6 is 0 Å². The van der Waals surface area contributed by atoms with Gasteiger partial charge in [-0.15, -0.1) is 0 Å². The molecule has 0 aromatic carbocycles. The number of hydrogen-bond acceptors (Lipinski definition) is 3. The Morgan fingerprint density at radius 1 is 1.29 bits per heavy atom. The van der Waals surface area contributed by atoms with Gasteiger partial charge in [-0.25, -0.2) is 9.97 Å². The third kappa shape index (κ3) is 2.63. The van der Waals surface area contributed by atoms with Crippen molar-refractivity contribution < 1.29 is 9.18 Å². The van der Waals surface area contributed by atoms with Crippen LogP contribution in [0.2, 0.25) is 0 Å². The second kappa shape index (κ2) is 4.69. The Balaban J connectivity index is 2.20. The first-order valence-corrected chi connectivity index (χ1v) is 5.02. The number of pyridine rings is 2. The highest BCUT2D eigenvalue weighted by atomic mass is 19.1. The molecule has 1 N–H and O–H groups in total. The van der Waals surface area contributed by atoms with Crippen LogP contribution in [0.4, 0.5) is 10.2 Å². The first-order chi connectivity index (χ1) is 8.16. The summed E-state index contributed by atoms with van der Waals surface area (Å²) in [6.07, 6.45) is 1.29. The average Bonchev–Trinajstić information content (AvgIpc) is 2.29. The van der Waals surface area contributed by atoms with Crippen LogP contribution in [0.15, 0.2) is 36.5 Å². The van der Waals surface area contributed by atoms with Crippen molar-refractivity contribution in [1.29, 1.82) is 0 Å². The summed E-state index contributed by atoms with van der Waals surface area (Å²) in [4.78, 5) is 19.2. The molecule has 17 heavy (non-hydrogen) atoms. The third-order valence-electron chi connectivity index (χ3n) is 2.13. The van der Waals surface area contributed by atoms with Crippen molar-refractivity contribution in [3.05, 3.63) is 53.7 Å². The Labute approximate surface area is 97.5 Å². The molecule has 0 bridgehead atoms. The number of carbonyl (C=O) groups excluding carboxylic acids is 1. The Morgan fingerprint density at radius 3 is 2.82 bits per heavy atom. The number of halogens is 1. The topological polar surface area (TPSA) is 54.9 Å². The monoisotopic (exact) mass is 231 g/mol. The van der Waals surface area contributed by atoms with Crippen molar-refractivity contribution >= 4 is 11.7 Å². The molecule has 0 saturated heterocycles. The molecule has 0 radical (unpaired) electrons. The molecule has 0 atom stereocenters. The predicted molar refractivity (Wildman–Crippen MR) is 61.1 cm³/mol. The van der Waals surface area contributed by atoms with E-state index >= 15 is 0 Å². The molecule has 0 spiro atoms. The lowest BCUT2D eigenvalue weighted by molar-refractivity contribution is 0.102.